The summed E-state index contributed by atoms with van der Waals surface area (Å²) in [5.41, 5.74) is 3.57. The zero-order valence-corrected chi connectivity index (χ0v) is 11.0. The number of rotatable bonds is 4. The van der Waals surface area contributed by atoms with Crippen molar-refractivity contribution in [3.8, 4) is 0 Å². The minimum atomic E-state index is 0.161. The second kappa shape index (κ2) is 5.49. The van der Waals surface area contributed by atoms with E-state index in [0.717, 1.165) is 43.0 Å². The third kappa shape index (κ3) is 2.26. The zero-order chi connectivity index (χ0) is 13.1. The molecule has 1 aromatic heterocycles. The van der Waals surface area contributed by atoms with Gasteiger partial charge in [0, 0.05) is 18.5 Å². The Morgan fingerprint density at radius 1 is 1.50 bits per heavy atom. The third-order valence-electron chi connectivity index (χ3n) is 3.48. The van der Waals surface area contributed by atoms with Gasteiger partial charge in [0.05, 0.1) is 12.6 Å². The first-order valence-corrected chi connectivity index (χ1v) is 6.42. The fourth-order valence-electron chi connectivity index (χ4n) is 2.43. The van der Waals surface area contributed by atoms with E-state index in [1.807, 2.05) is 13.8 Å². The monoisotopic (exact) mass is 251 g/mol. The summed E-state index contributed by atoms with van der Waals surface area (Å²) in [6.07, 6.45) is 2.86. The molecule has 1 unspecified atom stereocenters. The number of hydrogen-bond donors (Lipinski definition) is 3. The van der Waals surface area contributed by atoms with Crippen LogP contribution in [0.25, 0.3) is 0 Å². The molecule has 6 nitrogen and oxygen atoms in total. The van der Waals surface area contributed by atoms with Gasteiger partial charge in [-0.2, -0.15) is 0 Å². The lowest BCUT2D eigenvalue weighted by molar-refractivity contribution is 0.266. The Morgan fingerprint density at radius 3 is 2.89 bits per heavy atom. The number of aliphatic hydroxyl groups is 1. The van der Waals surface area contributed by atoms with Crippen LogP contribution in [0.1, 0.15) is 31.2 Å². The normalized spacial score (nSPS) is 19.3. The second-order valence-electron chi connectivity index (χ2n) is 4.61. The van der Waals surface area contributed by atoms with E-state index in [-0.39, 0.29) is 12.6 Å². The van der Waals surface area contributed by atoms with Crippen LogP contribution in [-0.2, 0) is 6.42 Å². The molecule has 2 rings (SSSR count). The number of nitrogens with zero attached hydrogens (tertiary/aromatic N) is 3. The summed E-state index contributed by atoms with van der Waals surface area (Å²) in [6, 6.07) is 0.161. The molecular weight excluding hydrogens is 230 g/mol. The van der Waals surface area contributed by atoms with E-state index in [2.05, 4.69) is 20.3 Å². The van der Waals surface area contributed by atoms with Crippen molar-refractivity contribution in [3.63, 3.8) is 0 Å². The SMILES string of the molecule is CCc1nc(NN)c(C)c(N2CCCC2CO)n1. The van der Waals surface area contributed by atoms with Crippen LogP contribution in [-0.4, -0.2) is 34.3 Å². The van der Waals surface area contributed by atoms with Crippen molar-refractivity contribution in [2.24, 2.45) is 5.84 Å². The number of hydrogen-bond acceptors (Lipinski definition) is 6. The Labute approximate surface area is 107 Å². The number of anilines is 2. The molecule has 1 aliphatic rings. The van der Waals surface area contributed by atoms with Crippen molar-refractivity contribution in [2.75, 3.05) is 23.5 Å². The number of nitrogen functional groups attached to an aromatic ring is 1. The Hall–Kier alpha value is -1.40. The quantitative estimate of drug-likeness (QED) is 0.536. The van der Waals surface area contributed by atoms with Gasteiger partial charge >= 0.3 is 0 Å². The first kappa shape index (κ1) is 13.0. The number of hydrazine groups is 1. The second-order valence-corrected chi connectivity index (χ2v) is 4.61. The van der Waals surface area contributed by atoms with Gasteiger partial charge in [-0.25, -0.2) is 15.8 Å². The van der Waals surface area contributed by atoms with E-state index in [0.29, 0.717) is 5.82 Å². The van der Waals surface area contributed by atoms with E-state index in [9.17, 15) is 5.11 Å². The van der Waals surface area contributed by atoms with Crippen LogP contribution in [0.4, 0.5) is 11.6 Å². The maximum atomic E-state index is 9.42. The molecule has 0 spiro atoms. The topological polar surface area (TPSA) is 87.3 Å². The minimum Gasteiger partial charge on any atom is -0.394 e. The maximum Gasteiger partial charge on any atom is 0.148 e. The Bertz CT molecular complexity index is 423. The van der Waals surface area contributed by atoms with Crippen molar-refractivity contribution in [3.05, 3.63) is 11.4 Å². The number of aryl methyl sites for hydroxylation is 1. The van der Waals surface area contributed by atoms with Gasteiger partial charge in [0.2, 0.25) is 0 Å². The molecule has 18 heavy (non-hydrogen) atoms. The first-order valence-electron chi connectivity index (χ1n) is 6.42. The zero-order valence-electron chi connectivity index (χ0n) is 11.0. The van der Waals surface area contributed by atoms with Crippen molar-refractivity contribution in [1.29, 1.82) is 0 Å². The predicted molar refractivity (Wildman–Crippen MR) is 71.4 cm³/mol. The van der Waals surface area contributed by atoms with Crippen LogP contribution in [0.2, 0.25) is 0 Å². The standard InChI is InChI=1S/C12H21N5O/c1-3-10-14-11(16-13)8(2)12(15-10)17-6-4-5-9(17)7-18/h9,18H,3-7,13H2,1-2H3,(H,14,15,16). The summed E-state index contributed by atoms with van der Waals surface area (Å²) in [7, 11) is 0. The van der Waals surface area contributed by atoms with E-state index in [4.69, 9.17) is 5.84 Å². The first-order chi connectivity index (χ1) is 8.71. The van der Waals surface area contributed by atoms with Crippen LogP contribution in [0.5, 0.6) is 0 Å². The molecule has 0 saturated carbocycles. The van der Waals surface area contributed by atoms with Gasteiger partial charge < -0.3 is 15.4 Å². The van der Waals surface area contributed by atoms with E-state index in [1.54, 1.807) is 0 Å². The molecule has 1 saturated heterocycles. The summed E-state index contributed by atoms with van der Waals surface area (Å²) in [5.74, 6) is 7.83. The van der Waals surface area contributed by atoms with E-state index < -0.39 is 0 Å². The lowest BCUT2D eigenvalue weighted by Crippen LogP contribution is -2.34. The highest BCUT2D eigenvalue weighted by Gasteiger charge is 2.27. The number of nitrogens with one attached hydrogen (secondary N) is 1. The van der Waals surface area contributed by atoms with Gasteiger partial charge in [0.1, 0.15) is 17.5 Å². The van der Waals surface area contributed by atoms with Gasteiger partial charge in [-0.3, -0.25) is 0 Å². The van der Waals surface area contributed by atoms with Crippen molar-refractivity contribution >= 4 is 11.6 Å². The maximum absolute atomic E-state index is 9.42. The smallest absolute Gasteiger partial charge is 0.148 e. The molecule has 4 N–H and O–H groups in total. The lowest BCUT2D eigenvalue weighted by Gasteiger charge is -2.26. The molecular formula is C12H21N5O. The fourth-order valence-corrected chi connectivity index (χ4v) is 2.43. The third-order valence-corrected chi connectivity index (χ3v) is 3.48. The number of nitrogens with two attached hydrogens (primary N) is 1. The molecule has 1 aromatic rings. The van der Waals surface area contributed by atoms with E-state index in [1.165, 1.54) is 0 Å². The predicted octanol–water partition coefficient (Wildman–Crippen LogP) is 0.594. The number of aliphatic hydroxyl groups excluding tert-OH is 1. The van der Waals surface area contributed by atoms with E-state index >= 15 is 0 Å². The molecule has 2 heterocycles. The summed E-state index contributed by atoms with van der Waals surface area (Å²) in [6.45, 7) is 5.06. The summed E-state index contributed by atoms with van der Waals surface area (Å²) in [4.78, 5) is 11.1. The van der Waals surface area contributed by atoms with Gasteiger partial charge in [0.25, 0.3) is 0 Å². The van der Waals surface area contributed by atoms with Gasteiger partial charge in [-0.1, -0.05) is 6.92 Å². The van der Waals surface area contributed by atoms with Gasteiger partial charge in [0.15, 0.2) is 0 Å². The summed E-state index contributed by atoms with van der Waals surface area (Å²) >= 11 is 0. The van der Waals surface area contributed by atoms with Crippen LogP contribution in [0.3, 0.4) is 0 Å². The fraction of sp³-hybridized carbons (Fsp3) is 0.667. The van der Waals surface area contributed by atoms with Crippen LogP contribution < -0.4 is 16.2 Å². The Kier molecular flexibility index (Phi) is 3.98. The molecule has 0 radical (unpaired) electrons. The molecule has 100 valence electrons. The largest absolute Gasteiger partial charge is 0.394 e. The highest BCUT2D eigenvalue weighted by molar-refractivity contribution is 5.59. The summed E-state index contributed by atoms with van der Waals surface area (Å²) < 4.78 is 0. The van der Waals surface area contributed by atoms with Crippen molar-refractivity contribution in [2.45, 2.75) is 39.2 Å². The molecule has 0 aliphatic carbocycles. The molecule has 0 aromatic carbocycles. The Balaban J connectivity index is 2.42. The molecule has 1 fully saturated rings. The van der Waals surface area contributed by atoms with Crippen molar-refractivity contribution in [1.82, 2.24) is 9.97 Å². The van der Waals surface area contributed by atoms with Crippen LogP contribution in [0, 0.1) is 6.92 Å². The average Bonchev–Trinajstić information content (AvgIpc) is 2.87. The molecule has 1 atom stereocenters. The van der Waals surface area contributed by atoms with Gasteiger partial charge in [-0.15, -0.1) is 0 Å². The Morgan fingerprint density at radius 2 is 2.28 bits per heavy atom. The summed E-state index contributed by atoms with van der Waals surface area (Å²) in [5, 5.41) is 9.42. The molecule has 0 amide bonds. The number of aromatic nitrogens is 2. The van der Waals surface area contributed by atoms with Crippen LogP contribution in [0.15, 0.2) is 0 Å². The highest BCUT2D eigenvalue weighted by atomic mass is 16.3. The molecule has 1 aliphatic heterocycles. The average molecular weight is 251 g/mol. The molecule has 6 heteroatoms. The highest BCUT2D eigenvalue weighted by Crippen LogP contribution is 2.29. The lowest BCUT2D eigenvalue weighted by atomic mass is 10.2. The van der Waals surface area contributed by atoms with Crippen LogP contribution >= 0.6 is 0 Å². The van der Waals surface area contributed by atoms with Crippen molar-refractivity contribution < 1.29 is 5.11 Å². The molecule has 0 bridgehead atoms. The minimum absolute atomic E-state index is 0.161. The van der Waals surface area contributed by atoms with Gasteiger partial charge in [-0.05, 0) is 19.8 Å².